The van der Waals surface area contributed by atoms with Gasteiger partial charge in [-0.1, -0.05) is 79.7 Å². The molecular weight excluding hydrogens is 402 g/mol. The smallest absolute Gasteiger partial charge is 0.160 e. The van der Waals surface area contributed by atoms with E-state index in [2.05, 4.69) is 66.0 Å². The molecule has 1 N–H and O–H groups in total. The molecule has 3 nitrogen and oxygen atoms in total. The molecule has 160 valence electrons. The van der Waals surface area contributed by atoms with E-state index >= 15 is 0 Å². The van der Waals surface area contributed by atoms with Gasteiger partial charge in [-0.15, -0.1) is 0 Å². The molecule has 1 aliphatic rings. The summed E-state index contributed by atoms with van der Waals surface area (Å²) in [5.41, 5.74) is 4.72. The number of ether oxygens (including phenoxy) is 2. The van der Waals surface area contributed by atoms with Crippen LogP contribution in [0.4, 0.5) is 0 Å². The van der Waals surface area contributed by atoms with Crippen molar-refractivity contribution in [2.45, 2.75) is 37.6 Å². The van der Waals surface area contributed by atoms with E-state index in [1.807, 2.05) is 12.1 Å². The van der Waals surface area contributed by atoms with Crippen molar-refractivity contribution in [2.24, 2.45) is 0 Å². The summed E-state index contributed by atoms with van der Waals surface area (Å²) in [4.78, 5) is 0.815. The van der Waals surface area contributed by atoms with E-state index in [1.165, 1.54) is 29.5 Å². The summed E-state index contributed by atoms with van der Waals surface area (Å²) in [5, 5.41) is 3.69. The summed E-state index contributed by atoms with van der Waals surface area (Å²) in [5.74, 6) is 1.94. The highest BCUT2D eigenvalue weighted by atomic mass is 32.1. The Balaban J connectivity index is 1.54. The second kappa shape index (κ2) is 9.97. The van der Waals surface area contributed by atoms with Crippen LogP contribution in [-0.2, 0) is 0 Å². The van der Waals surface area contributed by atoms with E-state index in [-0.39, 0.29) is 0 Å². The normalized spacial score (nSPS) is 18.3. The molecule has 2 atom stereocenters. The van der Waals surface area contributed by atoms with Crippen LogP contribution in [0.5, 0.6) is 11.5 Å². The van der Waals surface area contributed by atoms with E-state index in [9.17, 15) is 0 Å². The SMILES string of the molecule is COc1ccc([C@H]2CCCC[C@H]2NC(=S)c2cccc(-c3ccccc3)c2)cc1OC. The molecule has 31 heavy (non-hydrogen) atoms. The molecule has 0 spiro atoms. The van der Waals surface area contributed by atoms with Crippen molar-refractivity contribution in [3.05, 3.63) is 83.9 Å². The molecule has 4 heteroatoms. The Labute approximate surface area is 190 Å². The molecule has 4 rings (SSSR count). The van der Waals surface area contributed by atoms with Gasteiger partial charge < -0.3 is 14.8 Å². The van der Waals surface area contributed by atoms with Crippen molar-refractivity contribution in [3.8, 4) is 22.6 Å². The van der Waals surface area contributed by atoms with Gasteiger partial charge in [0, 0.05) is 17.5 Å². The molecule has 0 aliphatic heterocycles. The predicted molar refractivity (Wildman–Crippen MR) is 131 cm³/mol. The van der Waals surface area contributed by atoms with E-state index in [0.717, 1.165) is 34.9 Å². The Morgan fingerprint density at radius 1 is 0.806 bits per heavy atom. The van der Waals surface area contributed by atoms with Crippen LogP contribution in [0.25, 0.3) is 11.1 Å². The monoisotopic (exact) mass is 431 g/mol. The van der Waals surface area contributed by atoms with E-state index < -0.39 is 0 Å². The summed E-state index contributed by atoms with van der Waals surface area (Å²) in [6.07, 6.45) is 4.69. The van der Waals surface area contributed by atoms with Crippen molar-refractivity contribution in [1.82, 2.24) is 5.32 Å². The highest BCUT2D eigenvalue weighted by molar-refractivity contribution is 7.80. The van der Waals surface area contributed by atoms with Gasteiger partial charge in [0.15, 0.2) is 11.5 Å². The molecule has 0 aromatic heterocycles. The van der Waals surface area contributed by atoms with Crippen LogP contribution in [0.15, 0.2) is 72.8 Å². The second-order valence-electron chi connectivity index (χ2n) is 8.03. The van der Waals surface area contributed by atoms with Crippen LogP contribution in [0, 0.1) is 0 Å². The minimum absolute atomic E-state index is 0.305. The minimum Gasteiger partial charge on any atom is -0.493 e. The van der Waals surface area contributed by atoms with E-state index in [4.69, 9.17) is 21.7 Å². The number of benzene rings is 3. The van der Waals surface area contributed by atoms with Gasteiger partial charge in [-0.25, -0.2) is 0 Å². The predicted octanol–water partition coefficient (Wildman–Crippen LogP) is 6.36. The fourth-order valence-electron chi connectivity index (χ4n) is 4.51. The van der Waals surface area contributed by atoms with Gasteiger partial charge in [0.1, 0.15) is 4.99 Å². The zero-order valence-corrected chi connectivity index (χ0v) is 19.0. The summed E-state index contributed by atoms with van der Waals surface area (Å²) >= 11 is 5.85. The van der Waals surface area contributed by atoms with Crippen molar-refractivity contribution in [3.63, 3.8) is 0 Å². The first-order chi connectivity index (χ1) is 15.2. The molecule has 0 heterocycles. The first-order valence-electron chi connectivity index (χ1n) is 10.9. The van der Waals surface area contributed by atoms with Gasteiger partial charge in [-0.05, 0) is 47.7 Å². The van der Waals surface area contributed by atoms with Crippen LogP contribution in [0.3, 0.4) is 0 Å². The average Bonchev–Trinajstić information content (AvgIpc) is 2.84. The number of methoxy groups -OCH3 is 2. The number of rotatable bonds is 6. The first-order valence-corrected chi connectivity index (χ1v) is 11.3. The number of thiocarbonyl (C=S) groups is 1. The Morgan fingerprint density at radius 2 is 1.55 bits per heavy atom. The van der Waals surface area contributed by atoms with Crippen molar-refractivity contribution in [1.29, 1.82) is 0 Å². The van der Waals surface area contributed by atoms with Crippen LogP contribution < -0.4 is 14.8 Å². The molecule has 0 bridgehead atoms. The Bertz CT molecular complexity index is 1030. The van der Waals surface area contributed by atoms with Gasteiger partial charge in [0.2, 0.25) is 0 Å². The third-order valence-corrected chi connectivity index (χ3v) is 6.50. The molecule has 1 fully saturated rings. The fourth-order valence-corrected chi connectivity index (χ4v) is 4.79. The van der Waals surface area contributed by atoms with Crippen LogP contribution in [0.1, 0.15) is 42.7 Å². The molecule has 0 amide bonds. The Kier molecular flexibility index (Phi) is 6.88. The maximum absolute atomic E-state index is 5.85. The molecule has 0 unspecified atom stereocenters. The third kappa shape index (κ3) is 4.91. The average molecular weight is 432 g/mol. The van der Waals surface area contributed by atoms with Crippen LogP contribution in [0.2, 0.25) is 0 Å². The largest absolute Gasteiger partial charge is 0.493 e. The molecule has 0 saturated heterocycles. The van der Waals surface area contributed by atoms with Gasteiger partial charge >= 0.3 is 0 Å². The fraction of sp³-hybridized carbons (Fsp3) is 0.296. The minimum atomic E-state index is 0.305. The molecule has 1 saturated carbocycles. The number of hydrogen-bond donors (Lipinski definition) is 1. The van der Waals surface area contributed by atoms with E-state index in [1.54, 1.807) is 14.2 Å². The van der Waals surface area contributed by atoms with Gasteiger partial charge in [-0.3, -0.25) is 0 Å². The summed E-state index contributed by atoms with van der Waals surface area (Å²) < 4.78 is 11.0. The maximum atomic E-state index is 5.85. The van der Waals surface area contributed by atoms with Crippen molar-refractivity contribution < 1.29 is 9.47 Å². The molecule has 3 aromatic rings. The number of nitrogens with one attached hydrogen (secondary N) is 1. The quantitative estimate of drug-likeness (QED) is 0.460. The van der Waals surface area contributed by atoms with Crippen molar-refractivity contribution in [2.75, 3.05) is 14.2 Å². The zero-order valence-electron chi connectivity index (χ0n) is 18.1. The summed E-state index contributed by atoms with van der Waals surface area (Å²) in [7, 11) is 3.36. The van der Waals surface area contributed by atoms with Gasteiger partial charge in [-0.2, -0.15) is 0 Å². The summed E-state index contributed by atoms with van der Waals surface area (Å²) in [6, 6.07) is 25.5. The second-order valence-corrected chi connectivity index (χ2v) is 8.44. The lowest BCUT2D eigenvalue weighted by molar-refractivity contribution is 0.346. The molecule has 0 radical (unpaired) electrons. The topological polar surface area (TPSA) is 30.5 Å². The lowest BCUT2D eigenvalue weighted by Gasteiger charge is -2.33. The van der Waals surface area contributed by atoms with Crippen LogP contribution in [-0.4, -0.2) is 25.2 Å². The van der Waals surface area contributed by atoms with Gasteiger partial charge in [0.05, 0.1) is 14.2 Å². The summed E-state index contributed by atoms with van der Waals surface area (Å²) in [6.45, 7) is 0. The highest BCUT2D eigenvalue weighted by Crippen LogP contribution is 2.37. The molecular formula is C27H29NO2S. The van der Waals surface area contributed by atoms with E-state index in [0.29, 0.717) is 12.0 Å². The first kappa shape index (κ1) is 21.4. The third-order valence-electron chi connectivity index (χ3n) is 6.15. The highest BCUT2D eigenvalue weighted by Gasteiger charge is 2.28. The Hall–Kier alpha value is -2.85. The Morgan fingerprint density at radius 3 is 2.32 bits per heavy atom. The maximum Gasteiger partial charge on any atom is 0.160 e. The lowest BCUT2D eigenvalue weighted by Crippen LogP contribution is -2.40. The molecule has 1 aliphatic carbocycles. The zero-order chi connectivity index (χ0) is 21.6. The number of hydrogen-bond acceptors (Lipinski definition) is 3. The lowest BCUT2D eigenvalue weighted by atomic mass is 9.79. The standard InChI is InChI=1S/C27H29NO2S/c1-29-25-16-15-21(18-26(25)30-2)23-13-6-7-14-24(23)28-27(31)22-12-8-11-20(17-22)19-9-4-3-5-10-19/h3-5,8-12,15-18,23-24H,6-7,13-14H2,1-2H3,(H,28,31)/t23-,24-/m1/s1. The van der Waals surface area contributed by atoms with Crippen molar-refractivity contribution >= 4 is 17.2 Å². The van der Waals surface area contributed by atoms with Crippen LogP contribution >= 0.6 is 12.2 Å². The van der Waals surface area contributed by atoms with Gasteiger partial charge in [0.25, 0.3) is 0 Å². The molecule has 3 aromatic carbocycles.